The molecule has 0 saturated carbocycles. The summed E-state index contributed by atoms with van der Waals surface area (Å²) >= 11 is 0. The lowest BCUT2D eigenvalue weighted by Crippen LogP contribution is -2.46. The molecule has 7 heteroatoms. The van der Waals surface area contributed by atoms with Crippen LogP contribution in [0.2, 0.25) is 0 Å². The number of rotatable bonds is 8. The summed E-state index contributed by atoms with van der Waals surface area (Å²) < 4.78 is 0. The normalized spacial score (nSPS) is 17.8. The number of carbonyl (C=O) groups is 2. The second-order valence-electron chi connectivity index (χ2n) is 10.1. The number of nitrogens with zero attached hydrogens (tertiary/aromatic N) is 4. The van der Waals surface area contributed by atoms with Gasteiger partial charge in [-0.25, -0.2) is 9.97 Å². The van der Waals surface area contributed by atoms with Gasteiger partial charge in [0, 0.05) is 49.9 Å². The average molecular weight is 478 g/mol. The van der Waals surface area contributed by atoms with Crippen molar-refractivity contribution in [1.29, 1.82) is 0 Å². The minimum atomic E-state index is 0.0141. The Kier molecular flexibility index (Phi) is 8.04. The fourth-order valence-electron chi connectivity index (χ4n) is 5.40. The fourth-order valence-corrected chi connectivity index (χ4v) is 5.40. The van der Waals surface area contributed by atoms with Crippen LogP contribution in [0.25, 0.3) is 0 Å². The molecule has 1 saturated heterocycles. The van der Waals surface area contributed by atoms with Gasteiger partial charge in [-0.3, -0.25) is 9.59 Å². The molecule has 0 unspecified atom stereocenters. The summed E-state index contributed by atoms with van der Waals surface area (Å²) in [5.41, 5.74) is 4.04. The maximum Gasteiger partial charge on any atom is 0.253 e. The molecule has 35 heavy (non-hydrogen) atoms. The Morgan fingerprint density at radius 3 is 2.57 bits per heavy atom. The van der Waals surface area contributed by atoms with Crippen LogP contribution >= 0.6 is 0 Å². The fraction of sp³-hybridized carbons (Fsp3) is 0.571. The zero-order chi connectivity index (χ0) is 24.9. The van der Waals surface area contributed by atoms with Gasteiger partial charge in [0.25, 0.3) is 5.91 Å². The van der Waals surface area contributed by atoms with Gasteiger partial charge in [-0.15, -0.1) is 0 Å². The van der Waals surface area contributed by atoms with Crippen LogP contribution in [0.5, 0.6) is 0 Å². The number of piperidine rings is 1. The second kappa shape index (κ2) is 11.2. The number of unbranched alkanes of at least 4 members (excludes halogenated alkanes) is 2. The largest absolute Gasteiger partial charge is 0.356 e. The maximum absolute atomic E-state index is 13.4. The third kappa shape index (κ3) is 6.00. The first-order valence-corrected chi connectivity index (χ1v) is 13.1. The molecule has 2 heterocycles. The van der Waals surface area contributed by atoms with Gasteiger partial charge in [0.2, 0.25) is 5.91 Å². The van der Waals surface area contributed by atoms with E-state index in [1.807, 2.05) is 44.0 Å². The number of nitrogens with one attached hydrogen (secondary N) is 1. The van der Waals surface area contributed by atoms with Crippen LogP contribution in [0.15, 0.2) is 24.3 Å². The summed E-state index contributed by atoms with van der Waals surface area (Å²) in [5, 5.41) is 3.20. The lowest BCUT2D eigenvalue weighted by atomic mass is 10.00. The van der Waals surface area contributed by atoms with E-state index in [-0.39, 0.29) is 23.9 Å². The highest BCUT2D eigenvalue weighted by molar-refractivity contribution is 5.94. The van der Waals surface area contributed by atoms with E-state index in [4.69, 9.17) is 0 Å². The Labute approximate surface area is 209 Å². The summed E-state index contributed by atoms with van der Waals surface area (Å²) in [7, 11) is 1.92. The van der Waals surface area contributed by atoms with Crippen LogP contribution in [0, 0.1) is 13.8 Å². The first-order chi connectivity index (χ1) is 16.9. The number of carbonyl (C=O) groups excluding carboxylic acids is 2. The summed E-state index contributed by atoms with van der Waals surface area (Å²) in [6.07, 6.45) is 7.36. The predicted molar refractivity (Wildman–Crippen MR) is 139 cm³/mol. The van der Waals surface area contributed by atoms with Crippen molar-refractivity contribution >= 4 is 17.6 Å². The third-order valence-corrected chi connectivity index (χ3v) is 7.42. The second-order valence-corrected chi connectivity index (χ2v) is 10.1. The SMILES string of the molecule is CCCCCC(=O)N[C@@H]1CCc2ccc(C(=O)N(C)C3CCN(c4cc(C)nc(C)n4)CC3)cc21. The van der Waals surface area contributed by atoms with Gasteiger partial charge < -0.3 is 15.1 Å². The molecule has 1 N–H and O–H groups in total. The lowest BCUT2D eigenvalue weighted by molar-refractivity contribution is -0.121. The van der Waals surface area contributed by atoms with E-state index >= 15 is 0 Å². The number of hydrogen-bond donors (Lipinski definition) is 1. The van der Waals surface area contributed by atoms with Crippen LogP contribution < -0.4 is 10.2 Å². The minimum absolute atomic E-state index is 0.0141. The Bertz CT molecular complexity index is 1040. The highest BCUT2D eigenvalue weighted by Gasteiger charge is 2.29. The van der Waals surface area contributed by atoms with E-state index in [0.29, 0.717) is 12.0 Å². The smallest absolute Gasteiger partial charge is 0.253 e. The number of benzene rings is 1. The molecule has 1 aliphatic heterocycles. The topological polar surface area (TPSA) is 78.4 Å². The molecule has 4 rings (SSSR count). The van der Waals surface area contributed by atoms with Gasteiger partial charge in [-0.1, -0.05) is 25.8 Å². The number of aryl methyl sites for hydroxylation is 3. The molecular weight excluding hydrogens is 438 g/mol. The molecule has 1 aliphatic carbocycles. The van der Waals surface area contributed by atoms with E-state index < -0.39 is 0 Å². The molecule has 188 valence electrons. The number of fused-ring (bicyclic) bond motifs is 1. The van der Waals surface area contributed by atoms with E-state index in [1.165, 1.54) is 5.56 Å². The summed E-state index contributed by atoms with van der Waals surface area (Å²) in [6.45, 7) is 7.80. The van der Waals surface area contributed by atoms with Gasteiger partial charge >= 0.3 is 0 Å². The van der Waals surface area contributed by atoms with Gasteiger partial charge in [-0.2, -0.15) is 0 Å². The van der Waals surface area contributed by atoms with Gasteiger partial charge in [0.15, 0.2) is 0 Å². The molecular formula is C28H39N5O2. The Balaban J connectivity index is 1.37. The quantitative estimate of drug-likeness (QED) is 0.566. The molecule has 1 fully saturated rings. The number of hydrogen-bond acceptors (Lipinski definition) is 5. The Morgan fingerprint density at radius 2 is 1.86 bits per heavy atom. The van der Waals surface area contributed by atoms with E-state index in [1.54, 1.807) is 0 Å². The van der Waals surface area contributed by atoms with Crippen LogP contribution in [0.3, 0.4) is 0 Å². The Hall–Kier alpha value is -2.96. The first kappa shape index (κ1) is 25.1. The standard InChI is InChI=1S/C28H39N5O2/c1-5-6-7-8-27(34)31-25-12-11-21-9-10-22(18-24(21)25)28(35)32(4)23-13-15-33(16-14-23)26-17-19(2)29-20(3)30-26/h9-10,17-18,23,25H,5-8,11-16H2,1-4H3,(H,31,34)/t25-/m1/s1. The van der Waals surface area contributed by atoms with Crippen molar-refractivity contribution in [3.8, 4) is 0 Å². The molecule has 0 spiro atoms. The zero-order valence-electron chi connectivity index (χ0n) is 21.6. The minimum Gasteiger partial charge on any atom is -0.356 e. The number of aromatic nitrogens is 2. The van der Waals surface area contributed by atoms with Gasteiger partial charge in [0.1, 0.15) is 11.6 Å². The van der Waals surface area contributed by atoms with Crippen LogP contribution in [0.1, 0.15) is 90.9 Å². The molecule has 0 radical (unpaired) electrons. The monoisotopic (exact) mass is 477 g/mol. The lowest BCUT2D eigenvalue weighted by Gasteiger charge is -2.37. The average Bonchev–Trinajstić information content (AvgIpc) is 3.24. The molecule has 2 aliphatic rings. The van der Waals surface area contributed by atoms with Gasteiger partial charge in [0.05, 0.1) is 6.04 Å². The van der Waals surface area contributed by atoms with E-state index in [9.17, 15) is 9.59 Å². The van der Waals surface area contributed by atoms with Crippen molar-refractivity contribution in [2.45, 2.75) is 84.2 Å². The van der Waals surface area contributed by atoms with Crippen molar-refractivity contribution in [2.24, 2.45) is 0 Å². The molecule has 2 amide bonds. The number of amides is 2. The first-order valence-electron chi connectivity index (χ1n) is 13.1. The van der Waals surface area contributed by atoms with E-state index in [0.717, 1.165) is 80.9 Å². The van der Waals surface area contributed by atoms with Crippen molar-refractivity contribution < 1.29 is 9.59 Å². The van der Waals surface area contributed by atoms with Crippen LogP contribution in [-0.4, -0.2) is 52.9 Å². The van der Waals surface area contributed by atoms with Crippen LogP contribution in [0.4, 0.5) is 5.82 Å². The highest BCUT2D eigenvalue weighted by atomic mass is 16.2. The molecule has 2 aromatic rings. The Morgan fingerprint density at radius 1 is 1.09 bits per heavy atom. The highest BCUT2D eigenvalue weighted by Crippen LogP contribution is 2.32. The molecule has 1 aromatic carbocycles. The predicted octanol–water partition coefficient (Wildman–Crippen LogP) is 4.52. The van der Waals surface area contributed by atoms with Gasteiger partial charge in [-0.05, 0) is 69.2 Å². The van der Waals surface area contributed by atoms with Crippen molar-refractivity contribution in [2.75, 3.05) is 25.0 Å². The van der Waals surface area contributed by atoms with Crippen LogP contribution in [-0.2, 0) is 11.2 Å². The summed E-state index contributed by atoms with van der Waals surface area (Å²) in [4.78, 5) is 38.9. The number of anilines is 1. The summed E-state index contributed by atoms with van der Waals surface area (Å²) in [5.74, 6) is 1.94. The van der Waals surface area contributed by atoms with Crippen molar-refractivity contribution in [3.63, 3.8) is 0 Å². The van der Waals surface area contributed by atoms with Crippen molar-refractivity contribution in [1.82, 2.24) is 20.2 Å². The van der Waals surface area contributed by atoms with E-state index in [2.05, 4.69) is 33.2 Å². The molecule has 1 aromatic heterocycles. The molecule has 7 nitrogen and oxygen atoms in total. The molecule has 1 atom stereocenters. The zero-order valence-corrected chi connectivity index (χ0v) is 21.6. The third-order valence-electron chi connectivity index (χ3n) is 7.42. The maximum atomic E-state index is 13.4. The summed E-state index contributed by atoms with van der Waals surface area (Å²) in [6, 6.07) is 8.28. The van der Waals surface area contributed by atoms with Crippen molar-refractivity contribution in [3.05, 3.63) is 52.5 Å². The molecule has 0 bridgehead atoms.